The Bertz CT molecular complexity index is 454. The first-order valence-corrected chi connectivity index (χ1v) is 7.29. The van der Waals surface area contributed by atoms with Crippen LogP contribution in [0.1, 0.15) is 27.7 Å². The van der Waals surface area contributed by atoms with Crippen LogP contribution in [0.2, 0.25) is 5.28 Å². The minimum absolute atomic E-state index is 0.236. The van der Waals surface area contributed by atoms with Gasteiger partial charge in [0.1, 0.15) is 5.03 Å². The Balaban J connectivity index is 2.35. The lowest BCUT2D eigenvalue weighted by Gasteiger charge is -2.32. The van der Waals surface area contributed by atoms with Crippen LogP contribution < -0.4 is 5.46 Å². The molecule has 0 aromatic carbocycles. The van der Waals surface area contributed by atoms with Crippen molar-refractivity contribution in [1.29, 1.82) is 0 Å². The molecule has 0 saturated carbocycles. The maximum atomic E-state index is 5.97. The summed E-state index contributed by atoms with van der Waals surface area (Å²) in [6.45, 7) is 8.07. The summed E-state index contributed by atoms with van der Waals surface area (Å²) in [6.07, 6.45) is 3.61. The van der Waals surface area contributed by atoms with Gasteiger partial charge in [0.2, 0.25) is 5.28 Å². The lowest BCUT2D eigenvalue weighted by atomic mass is 9.81. The van der Waals surface area contributed by atoms with Crippen LogP contribution in [0.3, 0.4) is 0 Å². The summed E-state index contributed by atoms with van der Waals surface area (Å²) in [7, 11) is -0.449. The van der Waals surface area contributed by atoms with Gasteiger partial charge in [-0.1, -0.05) is 0 Å². The molecule has 0 spiro atoms. The van der Waals surface area contributed by atoms with Crippen molar-refractivity contribution in [2.75, 3.05) is 6.26 Å². The fourth-order valence-corrected chi connectivity index (χ4v) is 2.40. The first-order valence-electron chi connectivity index (χ1n) is 5.69. The van der Waals surface area contributed by atoms with Crippen LogP contribution in [0.5, 0.6) is 0 Å². The highest BCUT2D eigenvalue weighted by Crippen LogP contribution is 2.36. The largest absolute Gasteiger partial charge is 0.499 e. The third-order valence-corrected chi connectivity index (χ3v) is 4.35. The normalized spacial score (nSPS) is 21.3. The number of halogens is 1. The molecule has 0 amide bonds. The maximum absolute atomic E-state index is 5.97. The highest BCUT2D eigenvalue weighted by molar-refractivity contribution is 7.98. The molecule has 0 radical (unpaired) electrons. The zero-order valence-electron chi connectivity index (χ0n) is 11.2. The monoisotopic (exact) mass is 286 g/mol. The van der Waals surface area contributed by atoms with Gasteiger partial charge in [-0.25, -0.2) is 9.97 Å². The molecular formula is C11H16BClN2O2S. The molecule has 0 unspecified atom stereocenters. The number of hydrogen-bond acceptors (Lipinski definition) is 5. The van der Waals surface area contributed by atoms with E-state index in [2.05, 4.69) is 9.97 Å². The molecule has 0 atom stereocenters. The molecule has 0 bridgehead atoms. The first kappa shape index (κ1) is 14.1. The van der Waals surface area contributed by atoms with E-state index in [4.69, 9.17) is 20.9 Å². The summed E-state index contributed by atoms with van der Waals surface area (Å²) >= 11 is 7.30. The van der Waals surface area contributed by atoms with E-state index in [1.807, 2.05) is 34.0 Å². The predicted molar refractivity (Wildman–Crippen MR) is 74.5 cm³/mol. The molecule has 2 rings (SSSR count). The number of hydrogen-bond donors (Lipinski definition) is 0. The molecule has 1 aromatic heterocycles. The Hall–Kier alpha value is -0.295. The molecule has 1 fully saturated rings. The predicted octanol–water partition coefficient (Wildman–Crippen LogP) is 2.15. The van der Waals surface area contributed by atoms with Crippen LogP contribution in [0, 0.1) is 0 Å². The van der Waals surface area contributed by atoms with Gasteiger partial charge in [0.15, 0.2) is 0 Å². The van der Waals surface area contributed by atoms with Crippen molar-refractivity contribution < 1.29 is 9.31 Å². The van der Waals surface area contributed by atoms with Crippen molar-refractivity contribution in [1.82, 2.24) is 9.97 Å². The molecule has 18 heavy (non-hydrogen) atoms. The Kier molecular flexibility index (Phi) is 3.66. The lowest BCUT2D eigenvalue weighted by molar-refractivity contribution is 0.00578. The van der Waals surface area contributed by atoms with Gasteiger partial charge in [-0.05, 0) is 45.6 Å². The van der Waals surface area contributed by atoms with E-state index in [1.54, 1.807) is 6.20 Å². The molecule has 1 aliphatic rings. The van der Waals surface area contributed by atoms with Crippen LogP contribution >= 0.6 is 23.4 Å². The summed E-state index contributed by atoms with van der Waals surface area (Å²) in [6, 6.07) is 0. The summed E-state index contributed by atoms with van der Waals surface area (Å²) in [5.41, 5.74) is 0.0884. The summed E-state index contributed by atoms with van der Waals surface area (Å²) < 4.78 is 11.9. The Labute approximate surface area is 117 Å². The van der Waals surface area contributed by atoms with Crippen molar-refractivity contribution in [3.63, 3.8) is 0 Å². The second-order valence-corrected chi connectivity index (χ2v) is 6.32. The van der Waals surface area contributed by atoms with E-state index >= 15 is 0 Å². The van der Waals surface area contributed by atoms with Gasteiger partial charge in [0.05, 0.1) is 11.2 Å². The third-order valence-electron chi connectivity index (χ3n) is 3.45. The van der Waals surface area contributed by atoms with E-state index < -0.39 is 7.12 Å². The molecule has 2 heterocycles. The van der Waals surface area contributed by atoms with Gasteiger partial charge in [0.25, 0.3) is 0 Å². The average Bonchev–Trinajstić information content (AvgIpc) is 2.47. The lowest BCUT2D eigenvalue weighted by Crippen LogP contribution is -2.41. The minimum atomic E-state index is -0.449. The Morgan fingerprint density at radius 1 is 1.22 bits per heavy atom. The molecule has 7 heteroatoms. The van der Waals surface area contributed by atoms with Gasteiger partial charge < -0.3 is 9.31 Å². The van der Waals surface area contributed by atoms with Crippen LogP contribution in [-0.2, 0) is 9.31 Å². The van der Waals surface area contributed by atoms with E-state index in [1.165, 1.54) is 11.8 Å². The van der Waals surface area contributed by atoms with Crippen molar-refractivity contribution in [3.8, 4) is 0 Å². The van der Waals surface area contributed by atoms with E-state index in [9.17, 15) is 0 Å². The minimum Gasteiger partial charge on any atom is -0.399 e. The summed E-state index contributed by atoms with van der Waals surface area (Å²) in [5, 5.41) is 1.02. The van der Waals surface area contributed by atoms with Crippen LogP contribution in [0.25, 0.3) is 0 Å². The fourth-order valence-electron chi connectivity index (χ4n) is 1.65. The number of nitrogens with zero attached hydrogens (tertiary/aromatic N) is 2. The quantitative estimate of drug-likeness (QED) is 0.361. The Morgan fingerprint density at radius 3 is 2.28 bits per heavy atom. The van der Waals surface area contributed by atoms with Crippen molar-refractivity contribution in [2.45, 2.75) is 43.9 Å². The second kappa shape index (κ2) is 4.67. The summed E-state index contributed by atoms with van der Waals surface area (Å²) in [4.78, 5) is 8.20. The van der Waals surface area contributed by atoms with Gasteiger partial charge in [-0.3, -0.25) is 0 Å². The van der Waals surface area contributed by atoms with Crippen molar-refractivity contribution in [3.05, 3.63) is 11.5 Å². The van der Waals surface area contributed by atoms with Crippen LogP contribution in [-0.4, -0.2) is 34.5 Å². The number of rotatable bonds is 2. The average molecular weight is 287 g/mol. The maximum Gasteiger partial charge on any atom is 0.499 e. The topological polar surface area (TPSA) is 44.2 Å². The highest BCUT2D eigenvalue weighted by Gasteiger charge is 2.52. The molecule has 98 valence electrons. The fraction of sp³-hybridized carbons (Fsp3) is 0.636. The van der Waals surface area contributed by atoms with Crippen LogP contribution in [0.4, 0.5) is 0 Å². The molecule has 1 saturated heterocycles. The number of thioether (sulfide) groups is 1. The third kappa shape index (κ3) is 2.39. The first-order chi connectivity index (χ1) is 8.27. The molecule has 4 nitrogen and oxygen atoms in total. The van der Waals surface area contributed by atoms with Gasteiger partial charge in [0, 0.05) is 11.7 Å². The Morgan fingerprint density at radius 2 is 1.78 bits per heavy atom. The van der Waals surface area contributed by atoms with E-state index in [0.717, 1.165) is 10.5 Å². The van der Waals surface area contributed by atoms with Crippen molar-refractivity contribution >= 4 is 35.9 Å². The second-order valence-electron chi connectivity index (χ2n) is 5.19. The van der Waals surface area contributed by atoms with Gasteiger partial charge >= 0.3 is 7.12 Å². The molecule has 0 N–H and O–H groups in total. The van der Waals surface area contributed by atoms with Gasteiger partial charge in [-0.2, -0.15) is 0 Å². The zero-order valence-corrected chi connectivity index (χ0v) is 12.7. The molecule has 0 aliphatic carbocycles. The molecule has 1 aromatic rings. The SMILES string of the molecule is CSc1nc(Cl)ncc1B1OC(C)(C)C(C)(C)O1. The van der Waals surface area contributed by atoms with Crippen molar-refractivity contribution in [2.24, 2.45) is 0 Å². The standard InChI is InChI=1S/C11H16BClN2O2S/c1-10(2)11(3,4)17-12(16-10)7-6-14-9(13)15-8(7)18-5/h6H,1-5H3. The highest BCUT2D eigenvalue weighted by atomic mass is 35.5. The zero-order chi connectivity index (χ0) is 13.6. The number of aromatic nitrogens is 2. The summed E-state index contributed by atoms with van der Waals surface area (Å²) in [5.74, 6) is 0. The van der Waals surface area contributed by atoms with E-state index in [-0.39, 0.29) is 16.5 Å². The molecular weight excluding hydrogens is 270 g/mol. The van der Waals surface area contributed by atoms with E-state index in [0.29, 0.717) is 0 Å². The van der Waals surface area contributed by atoms with Gasteiger partial charge in [-0.15, -0.1) is 11.8 Å². The smallest absolute Gasteiger partial charge is 0.399 e. The van der Waals surface area contributed by atoms with Crippen LogP contribution in [0.15, 0.2) is 11.2 Å². The molecule has 1 aliphatic heterocycles.